The van der Waals surface area contributed by atoms with Gasteiger partial charge in [-0.15, -0.1) is 12.6 Å². The van der Waals surface area contributed by atoms with Crippen LogP contribution in [0.2, 0.25) is 0 Å². The summed E-state index contributed by atoms with van der Waals surface area (Å²) in [5.74, 6) is -2.25. The molecule has 3 aliphatic rings. The van der Waals surface area contributed by atoms with Gasteiger partial charge in [0.25, 0.3) is 10.1 Å². The minimum Gasteiger partial charge on any atom is -0.481 e. The molecule has 692 valence electrons. The molecule has 43 nitrogen and oxygen atoms in total. The van der Waals surface area contributed by atoms with Gasteiger partial charge < -0.3 is 124 Å². The third-order valence-electron chi connectivity index (χ3n) is 18.9. The largest absolute Gasteiger partial charge is 0.481 e. The van der Waals surface area contributed by atoms with E-state index in [2.05, 4.69) is 55.0 Å². The van der Waals surface area contributed by atoms with E-state index in [1.165, 1.54) is 4.90 Å². The summed E-state index contributed by atoms with van der Waals surface area (Å²) in [5.41, 5.74) is 24.8. The number of piperazine rings is 2. The van der Waals surface area contributed by atoms with Crippen LogP contribution in [0.1, 0.15) is 96.6 Å². The summed E-state index contributed by atoms with van der Waals surface area (Å²) >= 11 is 0. The zero-order valence-corrected chi connectivity index (χ0v) is 72.2. The number of imidazole rings is 2. The lowest BCUT2D eigenvalue weighted by molar-refractivity contribution is -0.158. The molecule has 2 saturated heterocycles. The molecule has 0 radical (unpaired) electrons. The Labute approximate surface area is 720 Å². The molecule has 6 aromatic rings. The van der Waals surface area contributed by atoms with E-state index in [1.807, 2.05) is 30.3 Å². The lowest BCUT2D eigenvalue weighted by Gasteiger charge is -2.37. The van der Waals surface area contributed by atoms with Crippen LogP contribution in [0.15, 0.2) is 36.4 Å². The van der Waals surface area contributed by atoms with Gasteiger partial charge in [0.2, 0.25) is 23.8 Å². The Morgan fingerprint density at radius 3 is 1.16 bits per heavy atom. The molecule has 1 saturated carbocycles. The van der Waals surface area contributed by atoms with Crippen molar-refractivity contribution in [2.45, 2.75) is 116 Å². The number of H-pyrrole nitrogens is 2. The summed E-state index contributed by atoms with van der Waals surface area (Å²) in [6.45, 7) is 19.4. The van der Waals surface area contributed by atoms with E-state index in [0.717, 1.165) is 105 Å². The van der Waals surface area contributed by atoms with Gasteiger partial charge in [-0.05, 0) is 56.2 Å². The molecular weight excluding hydrogens is 1670 g/mol. The normalized spacial score (nSPS) is 14.3. The molecule has 3 fully saturated rings. The Kier molecular flexibility index (Phi) is 48.3. The molecular formula is C79H120N14O29S2. The fourth-order valence-corrected chi connectivity index (χ4v) is 13.1. The number of aromatic amines is 2. The highest BCUT2D eigenvalue weighted by atomic mass is 32.2. The number of carboxylic acids is 2. The number of carbonyl (C=O) groups excluding carboxylic acids is 6. The molecule has 2 aromatic carbocycles. The number of aryl methyl sites for hydroxylation is 2. The van der Waals surface area contributed by atoms with E-state index in [1.54, 1.807) is 11.8 Å². The number of hydrogen-bond acceptors (Lipinski definition) is 35. The molecule has 2 aliphatic heterocycles. The number of benzene rings is 2. The minimum absolute atomic E-state index is 0.00120. The number of anilines is 4. The number of carboxylic acid groups (broad SMARTS) is 2. The Morgan fingerprint density at radius 2 is 0.823 bits per heavy atom. The van der Waals surface area contributed by atoms with Crippen LogP contribution in [0, 0.1) is 0 Å². The van der Waals surface area contributed by atoms with Crippen molar-refractivity contribution in [2.24, 2.45) is 5.73 Å². The van der Waals surface area contributed by atoms with Crippen molar-refractivity contribution >= 4 is 135 Å². The van der Waals surface area contributed by atoms with Crippen LogP contribution >= 0.6 is 0 Å². The van der Waals surface area contributed by atoms with Crippen LogP contribution in [0.4, 0.5) is 23.0 Å². The van der Waals surface area contributed by atoms with E-state index < -0.39 is 68.5 Å². The molecule has 9 rings (SSSR count). The van der Waals surface area contributed by atoms with Crippen molar-refractivity contribution in [1.29, 1.82) is 0 Å². The van der Waals surface area contributed by atoms with E-state index in [0.29, 0.717) is 196 Å². The standard InChI is InChI=1S/C47H77N7O15.C21H29N7O4S.C11H14O7.O3S/c1-3-4-5-41-51-44-39-36-38(6-7-40(39)50-46(48)45(44)52-41)53-10-12-54(13-11-53)47(58)37(2)49-42(55)8-14-59-16-18-61-20-22-63-24-26-65-28-30-67-32-34-69-35-33-68-31-29-66-27-25-64-23-21-62-19-17-60-15-9-43(56)57;1-2-3-4-17-25-18-14-11-13(5-6-16(14)24-20(23)19(18)26-17)27-7-9-28(10-8-27)21(29)15(22)12-33(30,31)32;12-7-1-2-8(13)11(7)18-10(16)4-6-17-5-3-9(14)15;1-4(2)3/h6-7,36-37H,3-5,8-35H2,1-2H3,(H2,48,50)(H,49,55)(H,51,52)(H,56,57);5-6,11,15H,2-4,7-10,12,22H2,1H3,(H2,23,24)(H,25,26)(H,30,31,32);11H,1-6H2,(H,14,15);/t37-;15-;;/m00../s1. The second-order valence-electron chi connectivity index (χ2n) is 28.3. The summed E-state index contributed by atoms with van der Waals surface area (Å²) in [5, 5.41) is 21.5. The fourth-order valence-electron chi connectivity index (χ4n) is 12.5. The predicted octanol–water partition coefficient (Wildman–Crippen LogP) is 1.84. The maximum absolute atomic E-state index is 13.2. The van der Waals surface area contributed by atoms with Crippen LogP contribution in [0.25, 0.3) is 43.9 Å². The van der Waals surface area contributed by atoms with Crippen molar-refractivity contribution in [2.75, 3.05) is 238 Å². The maximum atomic E-state index is 13.2. The number of rotatable bonds is 56. The Balaban J connectivity index is 0.000000350. The third-order valence-corrected chi connectivity index (χ3v) is 19.7. The van der Waals surface area contributed by atoms with Crippen molar-refractivity contribution < 1.29 is 136 Å². The van der Waals surface area contributed by atoms with Gasteiger partial charge >= 0.3 is 28.5 Å². The van der Waals surface area contributed by atoms with Gasteiger partial charge in [0.05, 0.1) is 195 Å². The van der Waals surface area contributed by atoms with Crippen LogP contribution < -0.4 is 32.3 Å². The lowest BCUT2D eigenvalue weighted by Crippen LogP contribution is -2.54. The number of nitrogens with two attached hydrogens (primary N) is 3. The van der Waals surface area contributed by atoms with Gasteiger partial charge in [-0.1, -0.05) is 26.7 Å². The number of fused-ring (bicyclic) bond motifs is 6. The summed E-state index contributed by atoms with van der Waals surface area (Å²) in [7, 11) is -7.42. The average molecular weight is 1790 g/mol. The number of aliphatic carboxylic acids is 2. The monoisotopic (exact) mass is 1790 g/mol. The number of aromatic nitrogens is 6. The first-order valence-electron chi connectivity index (χ1n) is 41.3. The highest BCUT2D eigenvalue weighted by molar-refractivity contribution is 7.85. The highest BCUT2D eigenvalue weighted by Crippen LogP contribution is 2.33. The highest BCUT2D eigenvalue weighted by Gasteiger charge is 2.36. The number of nitrogens with zero attached hydrogens (tertiary/aromatic N) is 8. The number of hydrogen-bond donors (Lipinski definition) is 9. The summed E-state index contributed by atoms with van der Waals surface area (Å²) in [6.07, 6.45) is 4.79. The zero-order chi connectivity index (χ0) is 90.0. The van der Waals surface area contributed by atoms with Crippen molar-refractivity contribution in [1.82, 2.24) is 45.0 Å². The predicted molar refractivity (Wildman–Crippen MR) is 451 cm³/mol. The van der Waals surface area contributed by atoms with Crippen molar-refractivity contribution in [3.63, 3.8) is 0 Å². The Bertz CT molecular complexity index is 4510. The molecule has 0 unspecified atom stereocenters. The molecule has 45 heteroatoms. The molecule has 124 heavy (non-hydrogen) atoms. The summed E-state index contributed by atoms with van der Waals surface area (Å²) < 4.78 is 126. The zero-order valence-electron chi connectivity index (χ0n) is 70.6. The molecule has 0 spiro atoms. The summed E-state index contributed by atoms with van der Waals surface area (Å²) in [6, 6.07) is 10.1. The van der Waals surface area contributed by atoms with Crippen molar-refractivity contribution in [3.8, 4) is 0 Å². The third kappa shape index (κ3) is 39.4. The van der Waals surface area contributed by atoms with E-state index in [9.17, 15) is 46.8 Å². The smallest absolute Gasteiger partial charge is 0.425 e. The van der Waals surface area contributed by atoms with Crippen LogP contribution in [-0.2, 0) is 134 Å². The lowest BCUT2D eigenvalue weighted by atomic mass is 10.1. The fraction of sp³-hybridized carbons (Fsp3) is 0.646. The minimum atomic E-state index is -4.31. The molecule has 1 aliphatic carbocycles. The number of nitrogen functional groups attached to an aromatic ring is 2. The van der Waals surface area contributed by atoms with Gasteiger partial charge in [0.15, 0.2) is 11.6 Å². The quantitative estimate of drug-likeness (QED) is 0.0114. The number of amides is 3. The second-order valence-corrected chi connectivity index (χ2v) is 30.2. The number of nitrogens with one attached hydrogen (secondary N) is 3. The Hall–Kier alpha value is -9.43. The van der Waals surface area contributed by atoms with Gasteiger partial charge in [-0.2, -0.15) is 8.42 Å². The number of ether oxygens (including phenoxy) is 13. The van der Waals surface area contributed by atoms with Gasteiger partial charge in [-0.3, -0.25) is 42.9 Å². The van der Waals surface area contributed by atoms with Gasteiger partial charge in [0.1, 0.15) is 57.4 Å². The molecule has 2 atom stereocenters. The number of pyridine rings is 2. The van der Waals surface area contributed by atoms with Crippen LogP contribution in [0.5, 0.6) is 0 Å². The van der Waals surface area contributed by atoms with E-state index >= 15 is 0 Å². The van der Waals surface area contributed by atoms with Crippen molar-refractivity contribution in [3.05, 3.63) is 48.0 Å². The average Bonchev–Trinajstić information content (AvgIpc) is 1.58. The molecule has 6 heterocycles. The second kappa shape index (κ2) is 58.0. The van der Waals surface area contributed by atoms with E-state index in [4.69, 9.17) is 116 Å². The number of carbonyl (C=O) groups is 8. The molecule has 3 amide bonds. The molecule has 0 bridgehead atoms. The first-order valence-corrected chi connectivity index (χ1v) is 43.9. The molecule has 12 N–H and O–H groups in total. The maximum Gasteiger partial charge on any atom is 0.425 e. The van der Waals surface area contributed by atoms with Gasteiger partial charge in [0, 0.05) is 107 Å². The first-order chi connectivity index (χ1) is 59.7. The number of Topliss-reactive ketones (excluding diaryl/α,β-unsaturated/α-hetero) is 2. The van der Waals surface area contributed by atoms with Gasteiger partial charge in [-0.25, -0.2) is 19.9 Å². The van der Waals surface area contributed by atoms with Crippen LogP contribution in [-0.4, -0.2) is 358 Å². The topological polar surface area (TPSA) is 589 Å². The molecule has 4 aromatic heterocycles. The summed E-state index contributed by atoms with van der Waals surface area (Å²) in [4.78, 5) is 125. The first kappa shape index (κ1) is 103. The SMILES string of the molecule is CCCCc1nc2c([nH]1)c(N)nc1ccc(N3CCN(C(=O)[C@@H](N)CS(=O)(=O)O)CC3)cc12.CCCCc1nc2c([nH]1)c(N)nc1ccc(N3CCN(C(=O)[C@H](C)NC(=O)CCOCCOCCOCCOCCOCCOCCOCCOCCOCCOCCOCCC(=O)O)CC3)cc12.O=C(O)CCOCCC(=O)OC1C(=O)CCC1=O.O=S(=O)=O. The number of esters is 1. The Morgan fingerprint density at radius 1 is 0.500 bits per heavy atom. The van der Waals surface area contributed by atoms with Crippen LogP contribution in [0.3, 0.4) is 0 Å². The number of unbranched alkanes of at least 4 members (excludes halogenated alkanes) is 2. The number of ketones is 2. The van der Waals surface area contributed by atoms with E-state index in [-0.39, 0.29) is 88.3 Å².